The minimum absolute atomic E-state index is 0.0263. The summed E-state index contributed by atoms with van der Waals surface area (Å²) in [5.74, 6) is -1.61. The highest BCUT2D eigenvalue weighted by molar-refractivity contribution is 9.11. The van der Waals surface area contributed by atoms with Crippen molar-refractivity contribution in [2.45, 2.75) is 0 Å². The van der Waals surface area contributed by atoms with Gasteiger partial charge in [0.2, 0.25) is 0 Å². The Hall–Kier alpha value is -1.80. The minimum atomic E-state index is -1.14. The molecule has 0 bridgehead atoms. The van der Waals surface area contributed by atoms with E-state index in [2.05, 4.69) is 47.4 Å². The topological polar surface area (TPSA) is 92.2 Å². The van der Waals surface area contributed by atoms with Crippen LogP contribution in [0, 0.1) is 0 Å². The Kier molecular flexibility index (Phi) is 4.46. The van der Waals surface area contributed by atoms with E-state index in [0.717, 1.165) is 0 Å². The molecular formula is C12H7Br2N3O3. The van der Waals surface area contributed by atoms with Crippen LogP contribution >= 0.6 is 31.9 Å². The third kappa shape index (κ3) is 3.20. The van der Waals surface area contributed by atoms with Crippen molar-refractivity contribution in [3.63, 3.8) is 0 Å². The second-order valence-electron chi connectivity index (χ2n) is 3.70. The van der Waals surface area contributed by atoms with E-state index in [1.165, 1.54) is 24.5 Å². The maximum Gasteiger partial charge on any atom is 0.337 e. The maximum absolute atomic E-state index is 12.0. The van der Waals surface area contributed by atoms with E-state index >= 15 is 0 Å². The number of carboxylic acids is 1. The van der Waals surface area contributed by atoms with Gasteiger partial charge < -0.3 is 10.4 Å². The molecule has 1 heterocycles. The van der Waals surface area contributed by atoms with Gasteiger partial charge in [-0.3, -0.25) is 4.79 Å². The van der Waals surface area contributed by atoms with Crippen molar-refractivity contribution >= 4 is 49.4 Å². The van der Waals surface area contributed by atoms with Crippen molar-refractivity contribution in [1.82, 2.24) is 10.2 Å². The number of aromatic nitrogens is 2. The minimum Gasteiger partial charge on any atom is -0.478 e. The monoisotopic (exact) mass is 399 g/mol. The van der Waals surface area contributed by atoms with Crippen LogP contribution in [0.3, 0.4) is 0 Å². The molecular weight excluding hydrogens is 394 g/mol. The number of benzene rings is 1. The number of nitrogens with one attached hydrogen (secondary N) is 1. The van der Waals surface area contributed by atoms with Crippen LogP contribution in [-0.4, -0.2) is 27.2 Å². The largest absolute Gasteiger partial charge is 0.478 e. The van der Waals surface area contributed by atoms with Gasteiger partial charge >= 0.3 is 5.97 Å². The van der Waals surface area contributed by atoms with Crippen molar-refractivity contribution < 1.29 is 14.7 Å². The average Bonchev–Trinajstić information content (AvgIpc) is 2.42. The molecule has 0 saturated carbocycles. The summed E-state index contributed by atoms with van der Waals surface area (Å²) >= 11 is 6.43. The quantitative estimate of drug-likeness (QED) is 0.826. The Morgan fingerprint density at radius 3 is 2.55 bits per heavy atom. The van der Waals surface area contributed by atoms with Crippen molar-refractivity contribution in [3.05, 3.63) is 50.7 Å². The third-order valence-electron chi connectivity index (χ3n) is 2.37. The van der Waals surface area contributed by atoms with E-state index in [1.807, 2.05) is 0 Å². The van der Waals surface area contributed by atoms with Gasteiger partial charge in [0.05, 0.1) is 29.2 Å². The standard InChI is InChI=1S/C12H7Br2N3O3/c13-7-3-8(12(19)20)10(9(14)4-7)17-11(18)6-1-2-15-16-5-6/h1-5H,(H,17,18)(H,19,20). The van der Waals surface area contributed by atoms with E-state index < -0.39 is 11.9 Å². The van der Waals surface area contributed by atoms with E-state index in [0.29, 0.717) is 8.95 Å². The summed E-state index contributed by atoms with van der Waals surface area (Å²) in [6.45, 7) is 0. The van der Waals surface area contributed by atoms with Crippen LogP contribution in [0.15, 0.2) is 39.5 Å². The highest BCUT2D eigenvalue weighted by Gasteiger charge is 2.17. The van der Waals surface area contributed by atoms with Crippen molar-refractivity contribution in [3.8, 4) is 0 Å². The summed E-state index contributed by atoms with van der Waals surface area (Å²) in [7, 11) is 0. The van der Waals surface area contributed by atoms with E-state index in [9.17, 15) is 14.7 Å². The molecule has 0 aliphatic carbocycles. The van der Waals surface area contributed by atoms with Crippen molar-refractivity contribution in [2.24, 2.45) is 0 Å². The SMILES string of the molecule is O=C(Nc1c(Br)cc(Br)cc1C(=O)O)c1ccnnc1. The number of carboxylic acid groups (broad SMARTS) is 1. The summed E-state index contributed by atoms with van der Waals surface area (Å²) < 4.78 is 1.05. The normalized spacial score (nSPS) is 10.1. The molecule has 8 heteroatoms. The Bertz CT molecular complexity index is 677. The maximum atomic E-state index is 12.0. The molecule has 6 nitrogen and oxygen atoms in total. The summed E-state index contributed by atoms with van der Waals surface area (Å²) in [5.41, 5.74) is 0.440. The Balaban J connectivity index is 2.39. The molecule has 0 aliphatic heterocycles. The van der Waals surface area contributed by atoms with Crippen LogP contribution in [0.2, 0.25) is 0 Å². The third-order valence-corrected chi connectivity index (χ3v) is 3.45. The molecule has 20 heavy (non-hydrogen) atoms. The number of anilines is 1. The zero-order valence-corrected chi connectivity index (χ0v) is 13.0. The van der Waals surface area contributed by atoms with Gasteiger partial charge in [-0.2, -0.15) is 10.2 Å². The summed E-state index contributed by atoms with van der Waals surface area (Å²) in [5, 5.41) is 18.9. The Labute approximate surface area is 130 Å². The van der Waals surface area contributed by atoms with Gasteiger partial charge in [-0.05, 0) is 34.1 Å². The van der Waals surface area contributed by atoms with E-state index in [1.54, 1.807) is 6.07 Å². The van der Waals surface area contributed by atoms with E-state index in [-0.39, 0.29) is 16.8 Å². The number of halogens is 2. The number of carbonyl (C=O) groups is 2. The lowest BCUT2D eigenvalue weighted by Crippen LogP contribution is -2.15. The van der Waals surface area contributed by atoms with Crippen LogP contribution in [0.1, 0.15) is 20.7 Å². The molecule has 0 fully saturated rings. The zero-order valence-electron chi connectivity index (χ0n) is 9.80. The van der Waals surface area contributed by atoms with Crippen LogP contribution in [0.4, 0.5) is 5.69 Å². The first kappa shape index (κ1) is 14.6. The van der Waals surface area contributed by atoms with Crippen LogP contribution in [0.5, 0.6) is 0 Å². The van der Waals surface area contributed by atoms with Gasteiger partial charge in [-0.15, -0.1) is 0 Å². The van der Waals surface area contributed by atoms with Crippen LogP contribution in [-0.2, 0) is 0 Å². The van der Waals surface area contributed by atoms with Crippen molar-refractivity contribution in [2.75, 3.05) is 5.32 Å². The highest BCUT2D eigenvalue weighted by atomic mass is 79.9. The fourth-order valence-corrected chi connectivity index (χ4v) is 2.80. The average molecular weight is 401 g/mol. The number of carbonyl (C=O) groups excluding carboxylic acids is 1. The fourth-order valence-electron chi connectivity index (χ4n) is 1.48. The molecule has 0 spiro atoms. The molecule has 1 aromatic carbocycles. The first-order valence-electron chi connectivity index (χ1n) is 5.29. The number of nitrogens with zero attached hydrogens (tertiary/aromatic N) is 2. The zero-order chi connectivity index (χ0) is 14.7. The van der Waals surface area contributed by atoms with Gasteiger partial charge in [-0.25, -0.2) is 4.79 Å². The first-order chi connectivity index (χ1) is 9.49. The molecule has 0 radical (unpaired) electrons. The highest BCUT2D eigenvalue weighted by Crippen LogP contribution is 2.31. The second kappa shape index (κ2) is 6.10. The second-order valence-corrected chi connectivity index (χ2v) is 5.47. The summed E-state index contributed by atoms with van der Waals surface area (Å²) in [6, 6.07) is 4.54. The molecule has 1 aromatic heterocycles. The predicted octanol–water partition coefficient (Wildman–Crippen LogP) is 2.95. The molecule has 0 saturated heterocycles. The van der Waals surface area contributed by atoms with Crippen molar-refractivity contribution in [1.29, 1.82) is 0 Å². The summed E-state index contributed by atoms with van der Waals surface area (Å²) in [4.78, 5) is 23.3. The molecule has 0 unspecified atom stereocenters. The van der Waals surface area contributed by atoms with Gasteiger partial charge in [-0.1, -0.05) is 15.9 Å². The van der Waals surface area contributed by atoms with Gasteiger partial charge in [0, 0.05) is 8.95 Å². The van der Waals surface area contributed by atoms with Crippen LogP contribution < -0.4 is 5.32 Å². The molecule has 102 valence electrons. The smallest absolute Gasteiger partial charge is 0.337 e. The Morgan fingerprint density at radius 1 is 1.20 bits per heavy atom. The number of aromatic carboxylic acids is 1. The van der Waals surface area contributed by atoms with Gasteiger partial charge in [0.1, 0.15) is 0 Å². The molecule has 2 rings (SSSR count). The Morgan fingerprint density at radius 2 is 1.95 bits per heavy atom. The predicted molar refractivity (Wildman–Crippen MR) is 78.8 cm³/mol. The van der Waals surface area contributed by atoms with E-state index in [4.69, 9.17) is 0 Å². The number of hydrogen-bond acceptors (Lipinski definition) is 4. The lowest BCUT2D eigenvalue weighted by molar-refractivity contribution is 0.0698. The number of rotatable bonds is 3. The molecule has 2 N–H and O–H groups in total. The molecule has 0 atom stereocenters. The fraction of sp³-hybridized carbons (Fsp3) is 0. The van der Waals surface area contributed by atoms with Crippen LogP contribution in [0.25, 0.3) is 0 Å². The lowest BCUT2D eigenvalue weighted by Gasteiger charge is -2.11. The summed E-state index contributed by atoms with van der Waals surface area (Å²) in [6.07, 6.45) is 2.67. The number of amides is 1. The first-order valence-corrected chi connectivity index (χ1v) is 6.88. The van der Waals surface area contributed by atoms with Gasteiger partial charge in [0.15, 0.2) is 0 Å². The molecule has 0 aliphatic rings. The number of hydrogen-bond donors (Lipinski definition) is 2. The molecule has 1 amide bonds. The van der Waals surface area contributed by atoms with Gasteiger partial charge in [0.25, 0.3) is 5.91 Å². The lowest BCUT2D eigenvalue weighted by atomic mass is 10.1. The molecule has 2 aromatic rings.